The summed E-state index contributed by atoms with van der Waals surface area (Å²) < 4.78 is 1.89. The summed E-state index contributed by atoms with van der Waals surface area (Å²) in [7, 11) is 0. The van der Waals surface area contributed by atoms with Gasteiger partial charge in [-0.15, -0.1) is 0 Å². The van der Waals surface area contributed by atoms with E-state index in [4.69, 9.17) is 0 Å². The van der Waals surface area contributed by atoms with Crippen molar-refractivity contribution >= 4 is 10.9 Å². The van der Waals surface area contributed by atoms with Crippen LogP contribution in [-0.4, -0.2) is 34.1 Å². The molecule has 1 aromatic heterocycles. The maximum absolute atomic E-state index is 12.9. The number of hydrogen-bond donors (Lipinski definition) is 0. The van der Waals surface area contributed by atoms with E-state index in [2.05, 4.69) is 23.7 Å². The van der Waals surface area contributed by atoms with E-state index >= 15 is 0 Å². The molecule has 21 heavy (non-hydrogen) atoms. The van der Waals surface area contributed by atoms with Crippen LogP contribution in [0.25, 0.3) is 10.9 Å². The Morgan fingerprint density at radius 3 is 2.62 bits per heavy atom. The Hall–Kier alpha value is -1.68. The Balaban J connectivity index is 2.07. The Labute approximate surface area is 125 Å². The van der Waals surface area contributed by atoms with E-state index in [0.717, 1.165) is 48.9 Å². The Morgan fingerprint density at radius 2 is 2.00 bits per heavy atom. The zero-order valence-electron chi connectivity index (χ0n) is 13.1. The number of fused-ring (bicyclic) bond motifs is 1. The van der Waals surface area contributed by atoms with Gasteiger partial charge >= 0.3 is 0 Å². The monoisotopic (exact) mass is 285 g/mol. The minimum Gasteiger partial charge on any atom is -0.302 e. The second kappa shape index (κ2) is 5.26. The molecule has 0 atom stereocenters. The lowest BCUT2D eigenvalue weighted by molar-refractivity contribution is 0.236. The molecule has 0 bridgehead atoms. The van der Waals surface area contributed by atoms with Gasteiger partial charge in [-0.3, -0.25) is 9.36 Å². The summed E-state index contributed by atoms with van der Waals surface area (Å²) in [5.74, 6) is 0. The fourth-order valence-electron chi connectivity index (χ4n) is 3.15. The number of nitrogens with zero attached hydrogens (tertiary/aromatic N) is 3. The molecule has 1 aliphatic rings. The first-order valence-electron chi connectivity index (χ1n) is 7.81. The predicted octanol–water partition coefficient (Wildman–Crippen LogP) is 2.54. The molecule has 4 heteroatoms. The van der Waals surface area contributed by atoms with E-state index in [1.165, 1.54) is 0 Å². The number of aromatic nitrogens is 2. The molecule has 0 spiro atoms. The van der Waals surface area contributed by atoms with Crippen LogP contribution in [0.5, 0.6) is 0 Å². The zero-order valence-corrected chi connectivity index (χ0v) is 13.1. The molecule has 1 aliphatic carbocycles. The molecule has 1 heterocycles. The third kappa shape index (κ3) is 2.38. The zero-order chi connectivity index (χ0) is 15.0. The predicted molar refractivity (Wildman–Crippen MR) is 85.7 cm³/mol. The molecule has 2 aromatic rings. The topological polar surface area (TPSA) is 38.1 Å². The average molecular weight is 285 g/mol. The van der Waals surface area contributed by atoms with Crippen molar-refractivity contribution in [2.24, 2.45) is 0 Å². The van der Waals surface area contributed by atoms with Gasteiger partial charge in [0.25, 0.3) is 5.56 Å². The highest BCUT2D eigenvalue weighted by molar-refractivity contribution is 5.80. The van der Waals surface area contributed by atoms with Crippen LogP contribution in [0.1, 0.15) is 32.3 Å². The van der Waals surface area contributed by atoms with Crippen molar-refractivity contribution in [3.05, 3.63) is 40.4 Å². The summed E-state index contributed by atoms with van der Waals surface area (Å²) >= 11 is 0. The summed E-state index contributed by atoms with van der Waals surface area (Å²) in [6.45, 7) is 9.31. The summed E-state index contributed by atoms with van der Waals surface area (Å²) in [6.07, 6.45) is 3.89. The van der Waals surface area contributed by atoms with Crippen molar-refractivity contribution in [3.63, 3.8) is 0 Å². The molecule has 1 aromatic carbocycles. The van der Waals surface area contributed by atoms with Crippen LogP contribution < -0.4 is 5.56 Å². The summed E-state index contributed by atoms with van der Waals surface area (Å²) in [5.41, 5.74) is 1.89. The second-order valence-corrected chi connectivity index (χ2v) is 6.07. The van der Waals surface area contributed by atoms with Crippen LogP contribution in [0.3, 0.4) is 0 Å². The molecule has 112 valence electrons. The van der Waals surface area contributed by atoms with Crippen LogP contribution >= 0.6 is 0 Å². The maximum atomic E-state index is 12.9. The highest BCUT2D eigenvalue weighted by Crippen LogP contribution is 2.43. The summed E-state index contributed by atoms with van der Waals surface area (Å²) in [4.78, 5) is 19.8. The van der Waals surface area contributed by atoms with Gasteiger partial charge in [-0.05, 0) is 44.5 Å². The number of likely N-dealkylation sites (N-methyl/N-ethyl adjacent to an activating group) is 1. The first-order valence-corrected chi connectivity index (χ1v) is 7.81. The standard InChI is InChI=1S/C17H23N3O/c1-4-19(5-2)11-17(9-10-17)20-12-18-14-8-6-7-13(3)15(14)16(20)21/h6-8,12H,4-5,9-11H2,1-3H3. The van der Waals surface area contributed by atoms with Gasteiger partial charge in [-0.1, -0.05) is 26.0 Å². The van der Waals surface area contributed by atoms with E-state index in [9.17, 15) is 4.79 Å². The normalized spacial score (nSPS) is 16.6. The van der Waals surface area contributed by atoms with Crippen molar-refractivity contribution < 1.29 is 0 Å². The smallest absolute Gasteiger partial charge is 0.262 e. The fourth-order valence-corrected chi connectivity index (χ4v) is 3.15. The van der Waals surface area contributed by atoms with Crippen LogP contribution in [0.15, 0.2) is 29.3 Å². The number of aryl methyl sites for hydroxylation is 1. The third-order valence-electron chi connectivity index (χ3n) is 4.75. The fraction of sp³-hybridized carbons (Fsp3) is 0.529. The van der Waals surface area contributed by atoms with Gasteiger partial charge in [-0.2, -0.15) is 0 Å². The molecule has 1 saturated carbocycles. The van der Waals surface area contributed by atoms with Crippen LogP contribution in [-0.2, 0) is 5.54 Å². The number of hydrogen-bond acceptors (Lipinski definition) is 3. The first kappa shape index (κ1) is 14.3. The lowest BCUT2D eigenvalue weighted by Crippen LogP contribution is -2.40. The quantitative estimate of drug-likeness (QED) is 0.847. The van der Waals surface area contributed by atoms with Crippen LogP contribution in [0.2, 0.25) is 0 Å². The van der Waals surface area contributed by atoms with Gasteiger partial charge in [-0.25, -0.2) is 4.98 Å². The average Bonchev–Trinajstić information content (AvgIpc) is 3.26. The van der Waals surface area contributed by atoms with E-state index in [1.54, 1.807) is 6.33 Å². The number of benzene rings is 1. The lowest BCUT2D eigenvalue weighted by Gasteiger charge is -2.26. The highest BCUT2D eigenvalue weighted by Gasteiger charge is 2.46. The number of rotatable bonds is 5. The van der Waals surface area contributed by atoms with Crippen LogP contribution in [0.4, 0.5) is 0 Å². The van der Waals surface area contributed by atoms with Gasteiger partial charge in [0.1, 0.15) is 0 Å². The first-order chi connectivity index (χ1) is 10.1. The van der Waals surface area contributed by atoms with Crippen molar-refractivity contribution in [2.45, 2.75) is 39.2 Å². The van der Waals surface area contributed by atoms with Crippen LogP contribution in [0, 0.1) is 6.92 Å². The lowest BCUT2D eigenvalue weighted by atomic mass is 10.1. The van der Waals surface area contributed by atoms with Crippen molar-refractivity contribution in [1.82, 2.24) is 14.5 Å². The molecule has 3 rings (SSSR count). The Bertz CT molecular complexity index is 712. The van der Waals surface area contributed by atoms with Crippen molar-refractivity contribution in [2.75, 3.05) is 19.6 Å². The van der Waals surface area contributed by atoms with Gasteiger partial charge in [0.2, 0.25) is 0 Å². The second-order valence-electron chi connectivity index (χ2n) is 6.07. The SMILES string of the molecule is CCN(CC)CC1(n2cnc3cccc(C)c3c2=O)CC1. The maximum Gasteiger partial charge on any atom is 0.262 e. The largest absolute Gasteiger partial charge is 0.302 e. The van der Waals surface area contributed by atoms with E-state index < -0.39 is 0 Å². The third-order valence-corrected chi connectivity index (χ3v) is 4.75. The van der Waals surface area contributed by atoms with Gasteiger partial charge in [0.15, 0.2) is 0 Å². The molecule has 0 aliphatic heterocycles. The highest BCUT2D eigenvalue weighted by atomic mass is 16.1. The molecular weight excluding hydrogens is 262 g/mol. The van der Waals surface area contributed by atoms with Crippen molar-refractivity contribution in [1.29, 1.82) is 0 Å². The summed E-state index contributed by atoms with van der Waals surface area (Å²) in [5, 5.41) is 0.769. The van der Waals surface area contributed by atoms with Gasteiger partial charge in [0, 0.05) is 6.54 Å². The molecule has 0 N–H and O–H groups in total. The molecule has 0 unspecified atom stereocenters. The van der Waals surface area contributed by atoms with Gasteiger partial charge < -0.3 is 4.90 Å². The molecule has 4 nitrogen and oxygen atoms in total. The van der Waals surface area contributed by atoms with E-state index in [-0.39, 0.29) is 11.1 Å². The molecule has 0 radical (unpaired) electrons. The Morgan fingerprint density at radius 1 is 1.29 bits per heavy atom. The van der Waals surface area contributed by atoms with Crippen molar-refractivity contribution in [3.8, 4) is 0 Å². The molecule has 1 fully saturated rings. The van der Waals surface area contributed by atoms with Gasteiger partial charge in [0.05, 0.1) is 22.8 Å². The summed E-state index contributed by atoms with van der Waals surface area (Å²) in [6, 6.07) is 5.86. The molecule has 0 amide bonds. The molecule has 0 saturated heterocycles. The van der Waals surface area contributed by atoms with E-state index in [0.29, 0.717) is 0 Å². The van der Waals surface area contributed by atoms with E-state index in [1.807, 2.05) is 29.7 Å². The Kier molecular flexibility index (Phi) is 3.57. The minimum atomic E-state index is -0.0351. The molecular formula is C17H23N3O. The minimum absolute atomic E-state index is 0.0351.